The first-order valence-corrected chi connectivity index (χ1v) is 6.51. The van der Waals surface area contributed by atoms with Gasteiger partial charge in [0.15, 0.2) is 6.61 Å². The Morgan fingerprint density at radius 3 is 2.62 bits per heavy atom. The molecule has 0 fully saturated rings. The van der Waals surface area contributed by atoms with Gasteiger partial charge in [-0.2, -0.15) is 0 Å². The van der Waals surface area contributed by atoms with Gasteiger partial charge in [-0.15, -0.1) is 6.58 Å². The van der Waals surface area contributed by atoms with Crippen LogP contribution in [-0.2, 0) is 14.3 Å². The predicted molar refractivity (Wildman–Crippen MR) is 78.4 cm³/mol. The standard InChI is InChI=1S/C15H19NO5/c1-3-4-9-20-11(2)15(19)16-12-5-7-13(8-6-12)21-10-14(17)18/h3,5-8,11H,1,4,9-10H2,2H3,(H,16,19)(H,17,18). The summed E-state index contributed by atoms with van der Waals surface area (Å²) in [5.74, 6) is -0.873. The van der Waals surface area contributed by atoms with Crippen molar-refractivity contribution >= 4 is 17.6 Å². The zero-order chi connectivity index (χ0) is 15.7. The maximum Gasteiger partial charge on any atom is 0.341 e. The third-order valence-electron chi connectivity index (χ3n) is 2.54. The number of amides is 1. The summed E-state index contributed by atoms with van der Waals surface area (Å²) in [6.07, 6.45) is 1.85. The Bertz CT molecular complexity index is 483. The number of aliphatic carboxylic acids is 1. The molecule has 0 aliphatic carbocycles. The Balaban J connectivity index is 2.45. The highest BCUT2D eigenvalue weighted by atomic mass is 16.5. The molecule has 0 aliphatic heterocycles. The lowest BCUT2D eigenvalue weighted by atomic mass is 10.3. The van der Waals surface area contributed by atoms with E-state index < -0.39 is 18.7 Å². The molecule has 0 aliphatic rings. The van der Waals surface area contributed by atoms with Gasteiger partial charge in [0, 0.05) is 5.69 Å². The molecule has 6 heteroatoms. The van der Waals surface area contributed by atoms with Crippen LogP contribution in [0.4, 0.5) is 5.69 Å². The van der Waals surface area contributed by atoms with Crippen molar-refractivity contribution in [2.45, 2.75) is 19.4 Å². The fourth-order valence-electron chi connectivity index (χ4n) is 1.43. The van der Waals surface area contributed by atoms with Gasteiger partial charge in [0.25, 0.3) is 5.91 Å². The number of nitrogens with one attached hydrogen (secondary N) is 1. The first-order chi connectivity index (χ1) is 10.0. The van der Waals surface area contributed by atoms with Crippen LogP contribution >= 0.6 is 0 Å². The molecule has 0 spiro atoms. The summed E-state index contributed by atoms with van der Waals surface area (Å²) in [4.78, 5) is 22.2. The molecule has 1 unspecified atom stereocenters. The van der Waals surface area contributed by atoms with E-state index in [4.69, 9.17) is 14.6 Å². The highest BCUT2D eigenvalue weighted by molar-refractivity contribution is 5.93. The zero-order valence-electron chi connectivity index (χ0n) is 11.9. The van der Waals surface area contributed by atoms with Gasteiger partial charge in [0.1, 0.15) is 11.9 Å². The number of anilines is 1. The summed E-state index contributed by atoms with van der Waals surface area (Å²) < 4.78 is 10.3. The SMILES string of the molecule is C=CCCOC(C)C(=O)Nc1ccc(OCC(=O)O)cc1. The molecule has 0 saturated heterocycles. The number of carbonyl (C=O) groups excluding carboxylic acids is 1. The van der Waals surface area contributed by atoms with E-state index in [0.717, 1.165) is 0 Å². The lowest BCUT2D eigenvalue weighted by Gasteiger charge is -2.13. The molecule has 0 aromatic heterocycles. The summed E-state index contributed by atoms with van der Waals surface area (Å²) in [6.45, 7) is 5.29. The number of carbonyl (C=O) groups is 2. The van der Waals surface area contributed by atoms with Gasteiger partial charge in [-0.1, -0.05) is 6.08 Å². The number of carboxylic acid groups (broad SMARTS) is 1. The van der Waals surface area contributed by atoms with E-state index in [-0.39, 0.29) is 5.91 Å². The van der Waals surface area contributed by atoms with Crippen LogP contribution in [0.2, 0.25) is 0 Å². The molecule has 0 radical (unpaired) electrons. The van der Waals surface area contributed by atoms with Crippen molar-refractivity contribution in [2.75, 3.05) is 18.5 Å². The Hall–Kier alpha value is -2.34. The maximum atomic E-state index is 11.8. The Labute approximate surface area is 123 Å². The molecule has 0 heterocycles. The number of hydrogen-bond donors (Lipinski definition) is 2. The zero-order valence-corrected chi connectivity index (χ0v) is 11.9. The summed E-state index contributed by atoms with van der Waals surface area (Å²) >= 11 is 0. The number of rotatable bonds is 9. The molecule has 1 atom stereocenters. The average Bonchev–Trinajstić information content (AvgIpc) is 2.46. The third-order valence-corrected chi connectivity index (χ3v) is 2.54. The Morgan fingerprint density at radius 1 is 1.38 bits per heavy atom. The van der Waals surface area contributed by atoms with Crippen molar-refractivity contribution in [3.05, 3.63) is 36.9 Å². The van der Waals surface area contributed by atoms with Crippen LogP contribution in [0, 0.1) is 0 Å². The van der Waals surface area contributed by atoms with Gasteiger partial charge in [-0.05, 0) is 37.6 Å². The molecule has 1 amide bonds. The monoisotopic (exact) mass is 293 g/mol. The fraction of sp³-hybridized carbons (Fsp3) is 0.333. The maximum absolute atomic E-state index is 11.8. The first kappa shape index (κ1) is 16.7. The number of hydrogen-bond acceptors (Lipinski definition) is 4. The second-order valence-electron chi connectivity index (χ2n) is 4.29. The van der Waals surface area contributed by atoms with Crippen LogP contribution in [0.1, 0.15) is 13.3 Å². The largest absolute Gasteiger partial charge is 0.482 e. The normalized spacial score (nSPS) is 11.5. The molecule has 6 nitrogen and oxygen atoms in total. The quantitative estimate of drug-likeness (QED) is 0.538. The molecule has 1 aromatic carbocycles. The topological polar surface area (TPSA) is 84.9 Å². The Kier molecular flexibility index (Phi) is 6.97. The summed E-state index contributed by atoms with van der Waals surface area (Å²) in [7, 11) is 0. The van der Waals surface area contributed by atoms with Gasteiger partial charge in [0.2, 0.25) is 0 Å². The van der Waals surface area contributed by atoms with Crippen LogP contribution in [-0.4, -0.2) is 36.3 Å². The van der Waals surface area contributed by atoms with Gasteiger partial charge < -0.3 is 19.9 Å². The van der Waals surface area contributed by atoms with Crippen molar-refractivity contribution in [2.24, 2.45) is 0 Å². The molecular weight excluding hydrogens is 274 g/mol. The summed E-state index contributed by atoms with van der Waals surface area (Å²) in [6, 6.07) is 6.43. The van der Waals surface area contributed by atoms with Crippen molar-refractivity contribution < 1.29 is 24.2 Å². The second kappa shape index (κ2) is 8.76. The third kappa shape index (κ3) is 6.58. The molecule has 0 bridgehead atoms. The van der Waals surface area contributed by atoms with Gasteiger partial charge in [-0.3, -0.25) is 4.79 Å². The summed E-state index contributed by atoms with van der Waals surface area (Å²) in [5.41, 5.74) is 0.585. The van der Waals surface area contributed by atoms with E-state index in [1.807, 2.05) is 0 Å². The lowest BCUT2D eigenvalue weighted by Crippen LogP contribution is -2.27. The highest BCUT2D eigenvalue weighted by Gasteiger charge is 2.13. The number of benzene rings is 1. The van der Waals surface area contributed by atoms with E-state index in [2.05, 4.69) is 11.9 Å². The van der Waals surface area contributed by atoms with E-state index in [1.54, 1.807) is 37.3 Å². The summed E-state index contributed by atoms with van der Waals surface area (Å²) in [5, 5.41) is 11.2. The van der Waals surface area contributed by atoms with E-state index in [9.17, 15) is 9.59 Å². The van der Waals surface area contributed by atoms with Crippen LogP contribution in [0.3, 0.4) is 0 Å². The molecule has 1 rings (SSSR count). The van der Waals surface area contributed by atoms with E-state index in [0.29, 0.717) is 24.5 Å². The van der Waals surface area contributed by atoms with E-state index >= 15 is 0 Å². The Morgan fingerprint density at radius 2 is 2.05 bits per heavy atom. The number of carboxylic acids is 1. The minimum absolute atomic E-state index is 0.252. The van der Waals surface area contributed by atoms with Crippen molar-refractivity contribution in [3.8, 4) is 5.75 Å². The molecular formula is C15H19NO5. The van der Waals surface area contributed by atoms with Gasteiger partial charge in [-0.25, -0.2) is 4.79 Å². The lowest BCUT2D eigenvalue weighted by molar-refractivity contribution is -0.139. The van der Waals surface area contributed by atoms with Gasteiger partial charge in [0.05, 0.1) is 6.61 Å². The van der Waals surface area contributed by atoms with Crippen LogP contribution in [0.5, 0.6) is 5.75 Å². The van der Waals surface area contributed by atoms with Crippen molar-refractivity contribution in [3.63, 3.8) is 0 Å². The molecule has 2 N–H and O–H groups in total. The number of ether oxygens (including phenoxy) is 2. The highest BCUT2D eigenvalue weighted by Crippen LogP contribution is 2.16. The van der Waals surface area contributed by atoms with Gasteiger partial charge >= 0.3 is 5.97 Å². The van der Waals surface area contributed by atoms with Crippen LogP contribution in [0.15, 0.2) is 36.9 Å². The molecule has 0 saturated carbocycles. The first-order valence-electron chi connectivity index (χ1n) is 6.51. The molecule has 114 valence electrons. The fourth-order valence-corrected chi connectivity index (χ4v) is 1.43. The average molecular weight is 293 g/mol. The molecule has 1 aromatic rings. The molecule has 21 heavy (non-hydrogen) atoms. The minimum atomic E-state index is -1.04. The minimum Gasteiger partial charge on any atom is -0.482 e. The second-order valence-corrected chi connectivity index (χ2v) is 4.29. The predicted octanol–water partition coefficient (Wildman–Crippen LogP) is 2.07. The van der Waals surface area contributed by atoms with E-state index in [1.165, 1.54) is 0 Å². The van der Waals surface area contributed by atoms with Crippen molar-refractivity contribution in [1.82, 2.24) is 0 Å². The van der Waals surface area contributed by atoms with Crippen LogP contribution < -0.4 is 10.1 Å². The smallest absolute Gasteiger partial charge is 0.341 e. The van der Waals surface area contributed by atoms with Crippen LogP contribution in [0.25, 0.3) is 0 Å². The van der Waals surface area contributed by atoms with Crippen molar-refractivity contribution in [1.29, 1.82) is 0 Å².